The number of hydrogen-bond donors (Lipinski definition) is 3. The van der Waals surface area contributed by atoms with E-state index in [-0.39, 0.29) is 11.8 Å². The number of aromatic nitrogens is 3. The molecule has 0 aliphatic heterocycles. The first-order valence-electron chi connectivity index (χ1n) is 7.42. The molecule has 3 aromatic rings. The zero-order valence-electron chi connectivity index (χ0n) is 13.3. The topological polar surface area (TPSA) is 96.7 Å². The lowest BCUT2D eigenvalue weighted by molar-refractivity contribution is -0.118. The van der Waals surface area contributed by atoms with Gasteiger partial charge in [-0.05, 0) is 25.0 Å². The third-order valence-electron chi connectivity index (χ3n) is 3.70. The molecule has 3 aromatic heterocycles. The molecule has 0 saturated carbocycles. The van der Waals surface area contributed by atoms with Crippen molar-refractivity contribution in [1.29, 1.82) is 0 Å². The summed E-state index contributed by atoms with van der Waals surface area (Å²) in [5.41, 5.74) is 9.54. The van der Waals surface area contributed by atoms with E-state index in [0.29, 0.717) is 5.13 Å². The number of aryl methyl sites for hydroxylation is 1. The number of aromatic amines is 1. The van der Waals surface area contributed by atoms with Crippen molar-refractivity contribution in [3.8, 4) is 11.3 Å². The number of nitrogens with one attached hydrogen (secondary N) is 2. The Balaban J connectivity index is 1.88. The third-order valence-corrected chi connectivity index (χ3v) is 4.46. The fraction of sp³-hybridized carbons (Fsp3) is 0.312. The molecule has 0 bridgehead atoms. The number of nitrogens with zero attached hydrogens (tertiary/aromatic N) is 2. The summed E-state index contributed by atoms with van der Waals surface area (Å²) in [7, 11) is 0. The summed E-state index contributed by atoms with van der Waals surface area (Å²) in [4.78, 5) is 24.1. The second-order valence-corrected chi connectivity index (χ2v) is 6.73. The molecule has 0 aliphatic carbocycles. The number of carbonyl (C=O) groups excluding carboxylic acids is 1. The first kappa shape index (κ1) is 15.6. The summed E-state index contributed by atoms with van der Waals surface area (Å²) in [5, 5.41) is 6.29. The Morgan fingerprint density at radius 3 is 2.96 bits per heavy atom. The fourth-order valence-electron chi connectivity index (χ4n) is 2.33. The Morgan fingerprint density at radius 1 is 1.43 bits per heavy atom. The lowest BCUT2D eigenvalue weighted by atomic mass is 10.1. The van der Waals surface area contributed by atoms with Gasteiger partial charge in [0.05, 0.1) is 11.7 Å². The van der Waals surface area contributed by atoms with E-state index in [1.54, 1.807) is 6.20 Å². The lowest BCUT2D eigenvalue weighted by Gasteiger charge is -2.13. The molecule has 23 heavy (non-hydrogen) atoms. The monoisotopic (exact) mass is 329 g/mol. The van der Waals surface area contributed by atoms with E-state index in [1.165, 1.54) is 11.3 Å². The van der Waals surface area contributed by atoms with E-state index >= 15 is 0 Å². The number of thiazole rings is 1. The lowest BCUT2D eigenvalue weighted by Crippen LogP contribution is -2.39. The van der Waals surface area contributed by atoms with Crippen LogP contribution in [0.15, 0.2) is 23.7 Å². The van der Waals surface area contributed by atoms with Crippen molar-refractivity contribution in [2.45, 2.75) is 26.8 Å². The Hall–Kier alpha value is -2.25. The van der Waals surface area contributed by atoms with Crippen molar-refractivity contribution in [2.75, 3.05) is 5.32 Å². The summed E-state index contributed by atoms with van der Waals surface area (Å²) in [6.45, 7) is 5.82. The maximum atomic E-state index is 12.0. The van der Waals surface area contributed by atoms with Crippen molar-refractivity contribution in [1.82, 2.24) is 15.0 Å². The molecule has 1 amide bonds. The van der Waals surface area contributed by atoms with Gasteiger partial charge in [-0.2, -0.15) is 0 Å². The molecular weight excluding hydrogens is 310 g/mol. The summed E-state index contributed by atoms with van der Waals surface area (Å²) >= 11 is 1.39. The number of carbonyl (C=O) groups is 1. The average molecular weight is 329 g/mol. The van der Waals surface area contributed by atoms with Gasteiger partial charge in [0.1, 0.15) is 5.65 Å². The van der Waals surface area contributed by atoms with Gasteiger partial charge in [-0.15, -0.1) is 11.3 Å². The van der Waals surface area contributed by atoms with E-state index in [4.69, 9.17) is 5.73 Å². The maximum absolute atomic E-state index is 12.0. The molecular formula is C16H19N5OS. The van der Waals surface area contributed by atoms with E-state index in [2.05, 4.69) is 20.3 Å². The summed E-state index contributed by atoms with van der Waals surface area (Å²) in [6.07, 6.45) is 1.75. The van der Waals surface area contributed by atoms with Gasteiger partial charge in [-0.1, -0.05) is 13.8 Å². The van der Waals surface area contributed by atoms with Crippen LogP contribution in [-0.2, 0) is 4.79 Å². The Morgan fingerprint density at radius 2 is 2.22 bits per heavy atom. The highest BCUT2D eigenvalue weighted by Gasteiger charge is 2.19. The molecule has 3 heterocycles. The molecule has 3 rings (SSSR count). The SMILES string of the molecule is Cc1cc2c(-c3csc(NC(=O)[C@H](N)C(C)C)n3)ccnc2[nH]1. The largest absolute Gasteiger partial charge is 0.344 e. The van der Waals surface area contributed by atoms with Gasteiger partial charge in [0.25, 0.3) is 0 Å². The molecule has 0 aliphatic rings. The first-order chi connectivity index (χ1) is 11.0. The van der Waals surface area contributed by atoms with Crippen LogP contribution in [-0.4, -0.2) is 26.9 Å². The summed E-state index contributed by atoms with van der Waals surface area (Å²) < 4.78 is 0. The third kappa shape index (κ3) is 3.11. The molecule has 7 heteroatoms. The minimum absolute atomic E-state index is 0.0806. The van der Waals surface area contributed by atoms with Gasteiger partial charge in [0.2, 0.25) is 5.91 Å². The molecule has 4 N–H and O–H groups in total. The van der Waals surface area contributed by atoms with Crippen LogP contribution in [0.2, 0.25) is 0 Å². The highest BCUT2D eigenvalue weighted by Crippen LogP contribution is 2.30. The minimum atomic E-state index is -0.540. The molecule has 0 radical (unpaired) electrons. The first-order valence-corrected chi connectivity index (χ1v) is 8.30. The highest BCUT2D eigenvalue weighted by molar-refractivity contribution is 7.14. The number of nitrogens with two attached hydrogens (primary N) is 1. The molecule has 0 aromatic carbocycles. The number of rotatable bonds is 4. The minimum Gasteiger partial charge on any atom is -0.344 e. The number of pyridine rings is 1. The zero-order chi connectivity index (χ0) is 16.6. The standard InChI is InChI=1S/C16H19N5OS/c1-8(2)13(17)15(22)21-16-20-12(7-23-16)10-4-5-18-14-11(10)6-9(3)19-14/h4-8,13H,17H2,1-3H3,(H,18,19)(H,20,21,22)/t13-/m1/s1. The van der Waals surface area contributed by atoms with Crippen LogP contribution in [0.5, 0.6) is 0 Å². The van der Waals surface area contributed by atoms with Crippen molar-refractivity contribution >= 4 is 33.4 Å². The van der Waals surface area contributed by atoms with Gasteiger partial charge in [0, 0.05) is 28.2 Å². The van der Waals surface area contributed by atoms with E-state index < -0.39 is 6.04 Å². The van der Waals surface area contributed by atoms with Gasteiger partial charge in [0.15, 0.2) is 5.13 Å². The van der Waals surface area contributed by atoms with Crippen molar-refractivity contribution < 1.29 is 4.79 Å². The normalized spacial score (nSPS) is 12.7. The molecule has 1 atom stereocenters. The quantitative estimate of drug-likeness (QED) is 0.685. The number of anilines is 1. The second kappa shape index (κ2) is 6.10. The number of fused-ring (bicyclic) bond motifs is 1. The smallest absolute Gasteiger partial charge is 0.243 e. The molecule has 0 spiro atoms. The van der Waals surface area contributed by atoms with Crippen LogP contribution in [0.25, 0.3) is 22.3 Å². The van der Waals surface area contributed by atoms with Gasteiger partial charge in [-0.25, -0.2) is 9.97 Å². The molecule has 0 unspecified atom stereocenters. The Kier molecular flexibility index (Phi) is 4.14. The van der Waals surface area contributed by atoms with Crippen molar-refractivity contribution in [2.24, 2.45) is 11.7 Å². The van der Waals surface area contributed by atoms with Crippen LogP contribution < -0.4 is 11.1 Å². The zero-order valence-corrected chi connectivity index (χ0v) is 14.1. The van der Waals surface area contributed by atoms with Crippen LogP contribution in [0, 0.1) is 12.8 Å². The molecule has 6 nitrogen and oxygen atoms in total. The average Bonchev–Trinajstić information content (AvgIpc) is 3.11. The van der Waals surface area contributed by atoms with Crippen LogP contribution >= 0.6 is 11.3 Å². The summed E-state index contributed by atoms with van der Waals surface area (Å²) in [5.74, 6) is -0.129. The summed E-state index contributed by atoms with van der Waals surface area (Å²) in [6, 6.07) is 3.43. The molecule has 0 saturated heterocycles. The Labute approximate surface area is 138 Å². The van der Waals surface area contributed by atoms with Crippen molar-refractivity contribution in [3.63, 3.8) is 0 Å². The van der Waals surface area contributed by atoms with Crippen LogP contribution in [0.4, 0.5) is 5.13 Å². The molecule has 120 valence electrons. The predicted molar refractivity (Wildman–Crippen MR) is 93.4 cm³/mol. The predicted octanol–water partition coefficient (Wildman–Crippen LogP) is 2.92. The fourth-order valence-corrected chi connectivity index (χ4v) is 3.04. The van der Waals surface area contributed by atoms with E-state index in [9.17, 15) is 4.79 Å². The number of H-pyrrole nitrogens is 1. The second-order valence-electron chi connectivity index (χ2n) is 5.87. The van der Waals surface area contributed by atoms with Crippen LogP contribution in [0.3, 0.4) is 0 Å². The number of amides is 1. The van der Waals surface area contributed by atoms with Gasteiger partial charge in [-0.3, -0.25) is 4.79 Å². The molecule has 0 fully saturated rings. The van der Waals surface area contributed by atoms with Gasteiger partial charge < -0.3 is 16.0 Å². The maximum Gasteiger partial charge on any atom is 0.243 e. The van der Waals surface area contributed by atoms with Crippen molar-refractivity contribution in [3.05, 3.63) is 29.4 Å². The Bertz CT molecular complexity index is 851. The van der Waals surface area contributed by atoms with E-state index in [0.717, 1.165) is 28.0 Å². The van der Waals surface area contributed by atoms with Crippen LogP contribution in [0.1, 0.15) is 19.5 Å². The van der Waals surface area contributed by atoms with Gasteiger partial charge >= 0.3 is 0 Å². The highest BCUT2D eigenvalue weighted by atomic mass is 32.1. The number of hydrogen-bond acceptors (Lipinski definition) is 5. The van der Waals surface area contributed by atoms with E-state index in [1.807, 2.05) is 38.3 Å².